The summed E-state index contributed by atoms with van der Waals surface area (Å²) in [6, 6.07) is 20.1. The molecule has 0 saturated carbocycles. The molecule has 140 valence electrons. The molecule has 5 heteroatoms. The van der Waals surface area contributed by atoms with E-state index in [1.165, 1.54) is 0 Å². The van der Waals surface area contributed by atoms with Crippen molar-refractivity contribution in [3.63, 3.8) is 0 Å². The minimum atomic E-state index is -0.185. The number of carbonyl (C=O) groups is 1. The molecule has 1 atom stereocenters. The van der Waals surface area contributed by atoms with Gasteiger partial charge in [-0.05, 0) is 17.0 Å². The summed E-state index contributed by atoms with van der Waals surface area (Å²) >= 11 is 0. The van der Waals surface area contributed by atoms with Gasteiger partial charge in [-0.2, -0.15) is 0 Å². The Balaban J connectivity index is 1.74. The molecule has 1 aromatic heterocycles. The summed E-state index contributed by atoms with van der Waals surface area (Å²) < 4.78 is 1.69. The van der Waals surface area contributed by atoms with Crippen molar-refractivity contribution in [1.82, 2.24) is 20.3 Å². The highest BCUT2D eigenvalue weighted by Gasteiger charge is 2.24. The van der Waals surface area contributed by atoms with Crippen LogP contribution in [0.2, 0.25) is 0 Å². The topological polar surface area (TPSA) is 59.8 Å². The van der Waals surface area contributed by atoms with Gasteiger partial charge >= 0.3 is 0 Å². The lowest BCUT2D eigenvalue weighted by molar-refractivity contribution is 0.0914. The molecule has 5 nitrogen and oxygen atoms in total. The minimum absolute atomic E-state index is 0.0343. The summed E-state index contributed by atoms with van der Waals surface area (Å²) in [6.45, 7) is 4.91. The monoisotopic (exact) mass is 362 g/mol. The number of benzene rings is 2. The van der Waals surface area contributed by atoms with Gasteiger partial charge < -0.3 is 5.32 Å². The van der Waals surface area contributed by atoms with E-state index in [-0.39, 0.29) is 11.9 Å². The number of rotatable bonds is 8. The molecule has 27 heavy (non-hydrogen) atoms. The second kappa shape index (κ2) is 9.12. The van der Waals surface area contributed by atoms with Gasteiger partial charge in [-0.15, -0.1) is 5.10 Å². The van der Waals surface area contributed by atoms with Crippen LogP contribution in [0.1, 0.15) is 54.3 Å². The molecule has 3 rings (SSSR count). The maximum atomic E-state index is 12.8. The number of aromatic nitrogens is 3. The summed E-state index contributed by atoms with van der Waals surface area (Å²) in [6.07, 6.45) is 3.70. The van der Waals surface area contributed by atoms with Gasteiger partial charge in [0.25, 0.3) is 5.91 Å². The largest absolute Gasteiger partial charge is 0.344 e. The van der Waals surface area contributed by atoms with Crippen LogP contribution in [0.5, 0.6) is 0 Å². The molecule has 0 spiro atoms. The summed E-state index contributed by atoms with van der Waals surface area (Å²) in [5.41, 5.74) is 2.59. The first kappa shape index (κ1) is 18.8. The molecule has 0 saturated heterocycles. The lowest BCUT2D eigenvalue weighted by Crippen LogP contribution is -2.33. The van der Waals surface area contributed by atoms with E-state index in [9.17, 15) is 4.79 Å². The maximum absolute atomic E-state index is 12.8. The van der Waals surface area contributed by atoms with Gasteiger partial charge in [0.15, 0.2) is 5.69 Å². The third-order valence-corrected chi connectivity index (χ3v) is 4.92. The lowest BCUT2D eigenvalue weighted by Gasteiger charge is -2.26. The van der Waals surface area contributed by atoms with E-state index in [4.69, 9.17) is 0 Å². The number of nitrogens with zero attached hydrogens (tertiary/aromatic N) is 3. The Morgan fingerprint density at radius 3 is 2.26 bits per heavy atom. The van der Waals surface area contributed by atoms with E-state index in [0.29, 0.717) is 18.2 Å². The predicted octanol–water partition coefficient (Wildman–Crippen LogP) is 4.23. The molecule has 1 N–H and O–H groups in total. The van der Waals surface area contributed by atoms with E-state index in [1.807, 2.05) is 48.5 Å². The second-order valence-electron chi connectivity index (χ2n) is 6.73. The summed E-state index contributed by atoms with van der Waals surface area (Å²) in [5.74, 6) is 0.186. The third-order valence-electron chi connectivity index (χ3n) is 4.92. The SMILES string of the molecule is CCC(CC)C(NC(=O)c1cn(Cc2ccccc2)nn1)c1ccccc1. The van der Waals surface area contributed by atoms with Crippen molar-refractivity contribution in [2.24, 2.45) is 5.92 Å². The van der Waals surface area contributed by atoms with Crippen LogP contribution < -0.4 is 5.32 Å². The fourth-order valence-corrected chi connectivity index (χ4v) is 3.36. The van der Waals surface area contributed by atoms with E-state index >= 15 is 0 Å². The van der Waals surface area contributed by atoms with Crippen molar-refractivity contribution in [2.45, 2.75) is 39.3 Å². The Bertz CT molecular complexity index is 841. The van der Waals surface area contributed by atoms with Crippen molar-refractivity contribution in [2.75, 3.05) is 0 Å². The van der Waals surface area contributed by atoms with Crippen molar-refractivity contribution in [3.05, 3.63) is 83.7 Å². The second-order valence-corrected chi connectivity index (χ2v) is 6.73. The van der Waals surface area contributed by atoms with Crippen LogP contribution in [0, 0.1) is 5.92 Å². The molecule has 2 aromatic carbocycles. The molecule has 1 unspecified atom stereocenters. The van der Waals surface area contributed by atoms with Crippen molar-refractivity contribution < 1.29 is 4.79 Å². The molecular weight excluding hydrogens is 336 g/mol. The molecule has 1 heterocycles. The number of hydrogen-bond donors (Lipinski definition) is 1. The number of carbonyl (C=O) groups excluding carboxylic acids is 1. The lowest BCUT2D eigenvalue weighted by atomic mass is 9.88. The molecule has 0 fully saturated rings. The zero-order chi connectivity index (χ0) is 19.1. The zero-order valence-corrected chi connectivity index (χ0v) is 15.9. The van der Waals surface area contributed by atoms with Crippen LogP contribution >= 0.6 is 0 Å². The highest BCUT2D eigenvalue weighted by molar-refractivity contribution is 5.92. The third kappa shape index (κ3) is 4.82. The molecule has 0 bridgehead atoms. The van der Waals surface area contributed by atoms with Crippen molar-refractivity contribution >= 4 is 5.91 Å². The Morgan fingerprint density at radius 1 is 1.00 bits per heavy atom. The van der Waals surface area contributed by atoms with Gasteiger partial charge in [-0.25, -0.2) is 4.68 Å². The van der Waals surface area contributed by atoms with E-state index in [1.54, 1.807) is 10.9 Å². The van der Waals surface area contributed by atoms with Crippen LogP contribution in [0.4, 0.5) is 0 Å². The van der Waals surface area contributed by atoms with Crippen LogP contribution in [0.3, 0.4) is 0 Å². The van der Waals surface area contributed by atoms with Gasteiger partial charge in [0.1, 0.15) is 0 Å². The van der Waals surface area contributed by atoms with Crippen molar-refractivity contribution in [1.29, 1.82) is 0 Å². The number of nitrogens with one attached hydrogen (secondary N) is 1. The molecule has 0 radical (unpaired) electrons. The zero-order valence-electron chi connectivity index (χ0n) is 15.9. The summed E-state index contributed by atoms with van der Waals surface area (Å²) in [7, 11) is 0. The first-order valence-corrected chi connectivity index (χ1v) is 9.51. The molecule has 0 aliphatic carbocycles. The average molecular weight is 362 g/mol. The van der Waals surface area contributed by atoms with E-state index < -0.39 is 0 Å². The maximum Gasteiger partial charge on any atom is 0.273 e. The smallest absolute Gasteiger partial charge is 0.273 e. The average Bonchev–Trinajstić information content (AvgIpc) is 3.18. The first-order valence-electron chi connectivity index (χ1n) is 9.51. The normalized spacial score (nSPS) is 12.1. The Hall–Kier alpha value is -2.95. The molecule has 1 amide bonds. The van der Waals surface area contributed by atoms with Gasteiger partial charge in [0, 0.05) is 0 Å². The fraction of sp³-hybridized carbons (Fsp3) is 0.318. The van der Waals surface area contributed by atoms with Crippen LogP contribution in [0.25, 0.3) is 0 Å². The van der Waals surface area contributed by atoms with E-state index in [0.717, 1.165) is 24.0 Å². The Labute approximate surface area is 160 Å². The quantitative estimate of drug-likeness (QED) is 0.652. The Morgan fingerprint density at radius 2 is 1.63 bits per heavy atom. The first-order chi connectivity index (χ1) is 13.2. The highest BCUT2D eigenvalue weighted by Crippen LogP contribution is 2.27. The molecule has 0 aliphatic rings. The van der Waals surface area contributed by atoms with Gasteiger partial charge in [0.2, 0.25) is 0 Å². The summed E-state index contributed by atoms with van der Waals surface area (Å²) in [5, 5.41) is 11.3. The standard InChI is InChI=1S/C22H26N4O/c1-3-18(4-2)21(19-13-9-6-10-14-19)23-22(27)20-16-26(25-24-20)15-17-11-7-5-8-12-17/h5-14,16,18,21H,3-4,15H2,1-2H3,(H,23,27). The molecule has 0 aliphatic heterocycles. The van der Waals surface area contributed by atoms with Crippen molar-refractivity contribution in [3.8, 4) is 0 Å². The van der Waals surface area contributed by atoms with Gasteiger partial charge in [-0.1, -0.05) is 92.6 Å². The summed E-state index contributed by atoms with van der Waals surface area (Å²) in [4.78, 5) is 12.8. The van der Waals surface area contributed by atoms with Gasteiger partial charge in [-0.3, -0.25) is 4.79 Å². The van der Waals surface area contributed by atoms with Crippen LogP contribution in [0.15, 0.2) is 66.9 Å². The predicted molar refractivity (Wildman–Crippen MR) is 106 cm³/mol. The van der Waals surface area contributed by atoms with Gasteiger partial charge in [0.05, 0.1) is 18.8 Å². The van der Waals surface area contributed by atoms with Crippen LogP contribution in [-0.2, 0) is 6.54 Å². The minimum Gasteiger partial charge on any atom is -0.344 e. The van der Waals surface area contributed by atoms with Crippen LogP contribution in [-0.4, -0.2) is 20.9 Å². The number of hydrogen-bond acceptors (Lipinski definition) is 3. The fourth-order valence-electron chi connectivity index (χ4n) is 3.36. The highest BCUT2D eigenvalue weighted by atomic mass is 16.2. The van der Waals surface area contributed by atoms with E-state index in [2.05, 4.69) is 41.6 Å². The Kier molecular flexibility index (Phi) is 6.36. The molecular formula is C22H26N4O. The molecule has 3 aromatic rings. The number of amides is 1.